The third kappa shape index (κ3) is 11.6. The largest absolute Gasteiger partial charge is 0.501 e. The molecule has 0 N–H and O–H groups in total. The first-order valence-corrected chi connectivity index (χ1v) is 13.9. The number of hydrogen-bond donors (Lipinski definition) is 0. The molecule has 0 aliphatic heterocycles. The molecule has 3 atom stereocenters. The van der Waals surface area contributed by atoms with Crippen molar-refractivity contribution in [2.75, 3.05) is 6.61 Å². The fourth-order valence-electron chi connectivity index (χ4n) is 3.07. The Morgan fingerprint density at radius 1 is 1.00 bits per heavy atom. The maximum absolute atomic E-state index is 11.5. The van der Waals surface area contributed by atoms with Crippen LogP contribution in [0.2, 0.25) is 6.04 Å². The molecule has 0 heterocycles. The molecule has 0 rings (SSSR count). The van der Waals surface area contributed by atoms with E-state index in [0.29, 0.717) is 12.2 Å². The molecule has 30 heavy (non-hydrogen) atoms. The fourth-order valence-corrected chi connectivity index (χ4v) is 6.73. The lowest BCUT2D eigenvalue weighted by molar-refractivity contribution is -0.139. The highest BCUT2D eigenvalue weighted by Gasteiger charge is 2.47. The van der Waals surface area contributed by atoms with Crippen molar-refractivity contribution < 1.29 is 22.8 Å². The Morgan fingerprint density at radius 2 is 1.57 bits per heavy atom. The van der Waals surface area contributed by atoms with Gasteiger partial charge in [0.05, 0.1) is 12.2 Å². The lowest BCUT2D eigenvalue weighted by atomic mass is 9.96. The molecule has 0 aromatic heterocycles. The molecule has 0 aliphatic carbocycles. The topological polar surface area (TPSA) is 54.0 Å². The summed E-state index contributed by atoms with van der Waals surface area (Å²) in [6.45, 7) is 20.7. The standard InChI is InChI=1S/C24H48O5Si/c1-10-19-30(27-21(7)11-2,28-22(8)12-3)29-24(9,13-4)17-15-14-16-18-26-23(25)20(5)6/h21-22H,5,10-19H2,1-4,6-9H3. The summed E-state index contributed by atoms with van der Waals surface area (Å²) < 4.78 is 25.1. The second kappa shape index (κ2) is 15.2. The van der Waals surface area contributed by atoms with Crippen LogP contribution in [0.3, 0.4) is 0 Å². The van der Waals surface area contributed by atoms with E-state index in [1.165, 1.54) is 0 Å². The van der Waals surface area contributed by atoms with Gasteiger partial charge in [-0.2, -0.15) is 0 Å². The molecule has 0 spiro atoms. The number of carbonyl (C=O) groups is 1. The van der Waals surface area contributed by atoms with E-state index in [0.717, 1.165) is 57.4 Å². The second-order valence-corrected chi connectivity index (χ2v) is 11.3. The van der Waals surface area contributed by atoms with E-state index in [-0.39, 0.29) is 23.8 Å². The predicted molar refractivity (Wildman–Crippen MR) is 127 cm³/mol. The van der Waals surface area contributed by atoms with Gasteiger partial charge < -0.3 is 18.0 Å². The lowest BCUT2D eigenvalue weighted by Crippen LogP contribution is -2.54. The van der Waals surface area contributed by atoms with E-state index < -0.39 is 8.80 Å². The Balaban J connectivity index is 5.01. The number of esters is 1. The average Bonchev–Trinajstić information content (AvgIpc) is 2.70. The molecule has 0 amide bonds. The van der Waals surface area contributed by atoms with Crippen LogP contribution in [-0.2, 0) is 22.8 Å². The summed E-state index contributed by atoms with van der Waals surface area (Å²) in [6.07, 6.45) is 7.80. The van der Waals surface area contributed by atoms with Gasteiger partial charge in [-0.05, 0) is 66.2 Å². The van der Waals surface area contributed by atoms with E-state index in [4.69, 9.17) is 18.0 Å². The van der Waals surface area contributed by atoms with Crippen molar-refractivity contribution in [2.45, 2.75) is 131 Å². The van der Waals surface area contributed by atoms with Crippen LogP contribution in [0.15, 0.2) is 12.2 Å². The molecule has 178 valence electrons. The normalized spacial score (nSPS) is 17.6. The molecule has 0 saturated heterocycles. The van der Waals surface area contributed by atoms with E-state index in [2.05, 4.69) is 55.0 Å². The first-order valence-electron chi connectivity index (χ1n) is 11.9. The van der Waals surface area contributed by atoms with Gasteiger partial charge in [-0.1, -0.05) is 47.1 Å². The highest BCUT2D eigenvalue weighted by molar-refractivity contribution is 6.61. The van der Waals surface area contributed by atoms with Gasteiger partial charge in [0.2, 0.25) is 0 Å². The summed E-state index contributed by atoms with van der Waals surface area (Å²) in [4.78, 5) is 11.5. The van der Waals surface area contributed by atoms with Crippen LogP contribution in [0.1, 0.15) is 107 Å². The smallest absolute Gasteiger partial charge is 0.462 e. The number of rotatable bonds is 18. The van der Waals surface area contributed by atoms with Gasteiger partial charge in [0, 0.05) is 23.8 Å². The average molecular weight is 445 g/mol. The van der Waals surface area contributed by atoms with E-state index >= 15 is 0 Å². The summed E-state index contributed by atoms with van der Waals surface area (Å²) in [7, 11) is -2.80. The lowest BCUT2D eigenvalue weighted by Gasteiger charge is -2.41. The summed E-state index contributed by atoms with van der Waals surface area (Å²) >= 11 is 0. The van der Waals surface area contributed by atoms with Gasteiger partial charge in [-0.15, -0.1) is 0 Å². The highest BCUT2D eigenvalue weighted by atomic mass is 28.4. The van der Waals surface area contributed by atoms with Crippen LogP contribution in [-0.4, -0.2) is 39.2 Å². The number of ether oxygens (including phenoxy) is 1. The molecule has 0 saturated carbocycles. The molecule has 0 aliphatic rings. The fraction of sp³-hybridized carbons (Fsp3) is 0.875. The minimum Gasteiger partial charge on any atom is -0.462 e. The van der Waals surface area contributed by atoms with Crippen molar-refractivity contribution in [1.29, 1.82) is 0 Å². The summed E-state index contributed by atoms with van der Waals surface area (Å²) in [5.74, 6) is -0.309. The van der Waals surface area contributed by atoms with Gasteiger partial charge >= 0.3 is 14.8 Å². The first-order chi connectivity index (χ1) is 14.1. The molecule has 5 nitrogen and oxygen atoms in total. The number of carbonyl (C=O) groups excluding carboxylic acids is 1. The zero-order valence-corrected chi connectivity index (χ0v) is 22.0. The minimum atomic E-state index is -2.80. The van der Waals surface area contributed by atoms with Gasteiger partial charge in [0.15, 0.2) is 0 Å². The molecule has 0 radical (unpaired) electrons. The maximum Gasteiger partial charge on any atom is 0.501 e. The second-order valence-electron chi connectivity index (χ2n) is 8.74. The van der Waals surface area contributed by atoms with Crippen molar-refractivity contribution in [3.05, 3.63) is 12.2 Å². The van der Waals surface area contributed by atoms with Crippen molar-refractivity contribution in [1.82, 2.24) is 0 Å². The van der Waals surface area contributed by atoms with Gasteiger partial charge in [0.1, 0.15) is 0 Å². The highest BCUT2D eigenvalue weighted by Crippen LogP contribution is 2.33. The van der Waals surface area contributed by atoms with Crippen molar-refractivity contribution in [3.63, 3.8) is 0 Å². The SMILES string of the molecule is C=C(C)C(=O)OCCCCCC(C)(CC)O[Si](CCC)(OC(C)CC)OC(C)CC. The molecule has 6 heteroatoms. The third-order valence-corrected chi connectivity index (χ3v) is 8.99. The monoisotopic (exact) mass is 444 g/mol. The molecule has 0 bridgehead atoms. The Kier molecular flexibility index (Phi) is 14.8. The molecule has 0 aromatic rings. The van der Waals surface area contributed by atoms with Crippen LogP contribution in [0.5, 0.6) is 0 Å². The van der Waals surface area contributed by atoms with Gasteiger partial charge in [0.25, 0.3) is 0 Å². The van der Waals surface area contributed by atoms with Gasteiger partial charge in [-0.3, -0.25) is 0 Å². The minimum absolute atomic E-state index is 0.122. The first kappa shape index (κ1) is 29.3. The Bertz CT molecular complexity index is 484. The summed E-state index contributed by atoms with van der Waals surface area (Å²) in [5, 5.41) is 0. The van der Waals surface area contributed by atoms with E-state index in [1.807, 2.05) is 0 Å². The third-order valence-electron chi connectivity index (χ3n) is 5.55. The maximum atomic E-state index is 11.5. The van der Waals surface area contributed by atoms with Crippen LogP contribution in [0.25, 0.3) is 0 Å². The van der Waals surface area contributed by atoms with Crippen molar-refractivity contribution in [3.8, 4) is 0 Å². The predicted octanol–water partition coefficient (Wildman–Crippen LogP) is 6.83. The summed E-state index contributed by atoms with van der Waals surface area (Å²) in [5.41, 5.74) is 0.165. The molecule has 0 aromatic carbocycles. The Morgan fingerprint density at radius 3 is 2.00 bits per heavy atom. The Hall–Kier alpha value is -0.693. The number of unbranched alkanes of at least 4 members (excludes halogenated alkanes) is 2. The summed E-state index contributed by atoms with van der Waals surface area (Å²) in [6, 6.07) is 0.841. The quantitative estimate of drug-likeness (QED) is 0.100. The van der Waals surface area contributed by atoms with E-state index in [1.54, 1.807) is 6.92 Å². The van der Waals surface area contributed by atoms with E-state index in [9.17, 15) is 4.79 Å². The number of hydrogen-bond acceptors (Lipinski definition) is 5. The van der Waals surface area contributed by atoms with Crippen LogP contribution < -0.4 is 0 Å². The Labute approximate surface area is 187 Å². The van der Waals surface area contributed by atoms with Crippen molar-refractivity contribution >= 4 is 14.8 Å². The van der Waals surface area contributed by atoms with Crippen LogP contribution in [0.4, 0.5) is 0 Å². The zero-order chi connectivity index (χ0) is 23.2. The van der Waals surface area contributed by atoms with Crippen molar-refractivity contribution in [2.24, 2.45) is 0 Å². The molecular formula is C24H48O5Si. The van der Waals surface area contributed by atoms with Crippen LogP contribution in [0, 0.1) is 0 Å². The zero-order valence-electron chi connectivity index (χ0n) is 21.0. The van der Waals surface area contributed by atoms with Crippen LogP contribution >= 0.6 is 0 Å². The molecule has 0 fully saturated rings. The molecular weight excluding hydrogens is 396 g/mol. The van der Waals surface area contributed by atoms with Gasteiger partial charge in [-0.25, -0.2) is 4.79 Å². The molecule has 3 unspecified atom stereocenters.